The number of aryl methyl sites for hydroxylation is 1. The molecule has 0 bridgehead atoms. The second-order valence-electron chi connectivity index (χ2n) is 11.2. The van der Waals surface area contributed by atoms with Crippen LogP contribution in [0, 0.1) is 6.92 Å². The van der Waals surface area contributed by atoms with E-state index in [1.165, 1.54) is 0 Å². The first-order valence-electron chi connectivity index (χ1n) is 14.7. The highest BCUT2D eigenvalue weighted by Crippen LogP contribution is 2.28. The van der Waals surface area contributed by atoms with Crippen molar-refractivity contribution in [2.45, 2.75) is 39.8 Å². The highest BCUT2D eigenvalue weighted by atomic mass is 16.5. The van der Waals surface area contributed by atoms with Crippen molar-refractivity contribution in [2.75, 3.05) is 63.3 Å². The summed E-state index contributed by atoms with van der Waals surface area (Å²) in [7, 11) is 3.95. The molecule has 3 aromatic rings. The van der Waals surface area contributed by atoms with Crippen LogP contribution >= 0.6 is 0 Å². The predicted octanol–water partition coefficient (Wildman–Crippen LogP) is 4.99. The van der Waals surface area contributed by atoms with E-state index >= 15 is 0 Å². The van der Waals surface area contributed by atoms with Gasteiger partial charge in [-0.05, 0) is 62.6 Å². The lowest BCUT2D eigenvalue weighted by Gasteiger charge is -2.30. The van der Waals surface area contributed by atoms with Crippen LogP contribution in [0.15, 0.2) is 72.8 Å². The van der Waals surface area contributed by atoms with Crippen molar-refractivity contribution >= 4 is 23.2 Å². The predicted molar refractivity (Wildman–Crippen MR) is 168 cm³/mol. The zero-order valence-corrected chi connectivity index (χ0v) is 25.6. The molecule has 4 rings (SSSR count). The molecule has 0 aliphatic carbocycles. The Hall–Kier alpha value is -4.04. The number of carbonyl (C=O) groups excluding carboxylic acids is 2. The molecule has 1 aliphatic heterocycles. The number of hydrogen-bond acceptors (Lipinski definition) is 6. The third-order valence-corrected chi connectivity index (χ3v) is 7.62. The van der Waals surface area contributed by atoms with E-state index in [1.807, 2.05) is 109 Å². The first-order chi connectivity index (χ1) is 20.2. The minimum absolute atomic E-state index is 0.0613. The van der Waals surface area contributed by atoms with Crippen molar-refractivity contribution in [1.29, 1.82) is 0 Å². The minimum atomic E-state index is -0.105. The number of carbonyl (C=O) groups is 2. The van der Waals surface area contributed by atoms with Crippen LogP contribution in [0.2, 0.25) is 0 Å². The third kappa shape index (κ3) is 8.26. The maximum atomic E-state index is 13.7. The fourth-order valence-electron chi connectivity index (χ4n) is 5.23. The molecule has 0 spiro atoms. The van der Waals surface area contributed by atoms with E-state index in [-0.39, 0.29) is 25.0 Å². The molecule has 0 radical (unpaired) electrons. The van der Waals surface area contributed by atoms with Crippen molar-refractivity contribution in [2.24, 2.45) is 0 Å². The van der Waals surface area contributed by atoms with Gasteiger partial charge in [-0.2, -0.15) is 0 Å². The Labute approximate surface area is 250 Å². The normalized spacial score (nSPS) is 14.6. The fraction of sp³-hybridized carbons (Fsp3) is 0.412. The Kier molecular flexibility index (Phi) is 10.8. The summed E-state index contributed by atoms with van der Waals surface area (Å²) >= 11 is 0. The van der Waals surface area contributed by atoms with Crippen LogP contribution < -0.4 is 19.3 Å². The summed E-state index contributed by atoms with van der Waals surface area (Å²) in [6.45, 7) is 9.31. The molecule has 0 unspecified atom stereocenters. The molecular formula is C34H44N4O4. The van der Waals surface area contributed by atoms with Gasteiger partial charge < -0.3 is 24.2 Å². The molecule has 42 heavy (non-hydrogen) atoms. The molecule has 0 saturated carbocycles. The Morgan fingerprint density at radius 2 is 1.50 bits per heavy atom. The molecule has 0 atom stereocenters. The van der Waals surface area contributed by atoms with Crippen LogP contribution in [-0.4, -0.2) is 81.1 Å². The van der Waals surface area contributed by atoms with Gasteiger partial charge in [0.25, 0.3) is 11.8 Å². The Bertz CT molecular complexity index is 1330. The highest BCUT2D eigenvalue weighted by molar-refractivity contribution is 5.96. The van der Waals surface area contributed by atoms with Gasteiger partial charge >= 0.3 is 0 Å². The van der Waals surface area contributed by atoms with Crippen LogP contribution in [0.5, 0.6) is 11.5 Å². The van der Waals surface area contributed by atoms with Gasteiger partial charge in [-0.15, -0.1) is 0 Å². The summed E-state index contributed by atoms with van der Waals surface area (Å²) < 4.78 is 11.8. The van der Waals surface area contributed by atoms with Crippen molar-refractivity contribution in [3.05, 3.63) is 83.9 Å². The summed E-state index contributed by atoms with van der Waals surface area (Å²) in [6.07, 6.45) is 0.808. The summed E-state index contributed by atoms with van der Waals surface area (Å²) in [5.74, 6) is 1.12. The molecule has 0 saturated heterocycles. The second-order valence-corrected chi connectivity index (χ2v) is 11.2. The average Bonchev–Trinajstić information content (AvgIpc) is 3.02. The van der Waals surface area contributed by atoms with Crippen LogP contribution in [0.3, 0.4) is 0 Å². The minimum Gasteiger partial charge on any atom is -0.484 e. The van der Waals surface area contributed by atoms with Gasteiger partial charge in [0, 0.05) is 64.6 Å². The van der Waals surface area contributed by atoms with E-state index in [0.29, 0.717) is 37.2 Å². The fourth-order valence-corrected chi connectivity index (χ4v) is 5.23. The average molecular weight is 573 g/mol. The molecule has 2 amide bonds. The summed E-state index contributed by atoms with van der Waals surface area (Å²) in [5, 5.41) is 0. The van der Waals surface area contributed by atoms with Gasteiger partial charge in [-0.1, -0.05) is 42.5 Å². The van der Waals surface area contributed by atoms with Gasteiger partial charge in [0.1, 0.15) is 11.5 Å². The van der Waals surface area contributed by atoms with E-state index in [4.69, 9.17) is 9.47 Å². The molecule has 1 heterocycles. The second kappa shape index (κ2) is 14.7. The van der Waals surface area contributed by atoms with Gasteiger partial charge in [0.15, 0.2) is 13.2 Å². The molecular weight excluding hydrogens is 528 g/mol. The van der Waals surface area contributed by atoms with Gasteiger partial charge in [-0.25, -0.2) is 0 Å². The SMILES string of the molecule is Cc1cccc2c1N(C(=O)COc1ccccc1)CCCN(C(C)C)CCN(C(=O)COc1cccc(N(C)C)c1)C2. The number of nitrogens with zero attached hydrogens (tertiary/aromatic N) is 4. The number of hydrogen-bond donors (Lipinski definition) is 0. The zero-order valence-electron chi connectivity index (χ0n) is 25.6. The summed E-state index contributed by atoms with van der Waals surface area (Å²) in [6, 6.07) is 23.5. The van der Waals surface area contributed by atoms with Gasteiger partial charge in [-0.3, -0.25) is 14.5 Å². The van der Waals surface area contributed by atoms with Crippen molar-refractivity contribution < 1.29 is 19.1 Å². The standard InChI is InChI=1S/C34H44N4O4/c1-26(2)36-18-11-19-38(33(40)25-41-30-15-7-6-8-16-30)34-27(3)12-9-13-28(34)23-37(21-20-36)32(39)24-42-31-17-10-14-29(22-31)35(4)5/h6-10,12-17,22,26H,11,18-21,23-25H2,1-5H3. The molecule has 0 fully saturated rings. The largest absolute Gasteiger partial charge is 0.484 e. The maximum Gasteiger partial charge on any atom is 0.264 e. The van der Waals surface area contributed by atoms with Gasteiger partial charge in [0.2, 0.25) is 0 Å². The van der Waals surface area contributed by atoms with Crippen molar-refractivity contribution in [3.63, 3.8) is 0 Å². The van der Waals surface area contributed by atoms with E-state index < -0.39 is 0 Å². The van der Waals surface area contributed by atoms with Crippen LogP contribution in [0.4, 0.5) is 11.4 Å². The quantitative estimate of drug-likeness (QED) is 0.379. The van der Waals surface area contributed by atoms with Crippen LogP contribution in [-0.2, 0) is 16.1 Å². The first kappa shape index (κ1) is 30.9. The van der Waals surface area contributed by atoms with Gasteiger partial charge in [0.05, 0.1) is 5.69 Å². The Morgan fingerprint density at radius 3 is 2.24 bits per heavy atom. The molecule has 8 nitrogen and oxygen atoms in total. The number of anilines is 2. The number of fused-ring (bicyclic) bond motifs is 1. The topological polar surface area (TPSA) is 65.6 Å². The Balaban J connectivity index is 1.59. The molecule has 1 aliphatic rings. The van der Waals surface area contributed by atoms with E-state index in [0.717, 1.165) is 42.0 Å². The monoisotopic (exact) mass is 572 g/mol. The van der Waals surface area contributed by atoms with Crippen molar-refractivity contribution in [1.82, 2.24) is 9.80 Å². The maximum absolute atomic E-state index is 13.7. The Morgan fingerprint density at radius 1 is 0.810 bits per heavy atom. The number of amides is 2. The smallest absolute Gasteiger partial charge is 0.264 e. The summed E-state index contributed by atoms with van der Waals surface area (Å²) in [5.41, 5.74) is 3.79. The molecule has 8 heteroatoms. The third-order valence-electron chi connectivity index (χ3n) is 7.62. The van der Waals surface area contributed by atoms with Crippen LogP contribution in [0.1, 0.15) is 31.4 Å². The molecule has 0 aromatic heterocycles. The lowest BCUT2D eigenvalue weighted by molar-refractivity contribution is -0.134. The number of ether oxygens (including phenoxy) is 2. The van der Waals surface area contributed by atoms with E-state index in [1.54, 1.807) is 0 Å². The lowest BCUT2D eigenvalue weighted by Crippen LogP contribution is -2.42. The van der Waals surface area contributed by atoms with Crippen LogP contribution in [0.25, 0.3) is 0 Å². The van der Waals surface area contributed by atoms with E-state index in [2.05, 4.69) is 18.7 Å². The highest BCUT2D eigenvalue weighted by Gasteiger charge is 2.26. The molecule has 224 valence electrons. The zero-order chi connectivity index (χ0) is 30.1. The van der Waals surface area contributed by atoms with E-state index in [9.17, 15) is 9.59 Å². The summed E-state index contributed by atoms with van der Waals surface area (Å²) in [4.78, 5) is 35.4. The molecule has 3 aromatic carbocycles. The first-order valence-corrected chi connectivity index (χ1v) is 14.7. The number of rotatable bonds is 8. The van der Waals surface area contributed by atoms with Crippen molar-refractivity contribution in [3.8, 4) is 11.5 Å². The molecule has 0 N–H and O–H groups in total. The number of benzene rings is 3. The lowest BCUT2D eigenvalue weighted by atomic mass is 10.1. The number of para-hydroxylation sites is 2.